The van der Waals surface area contributed by atoms with Crippen molar-refractivity contribution in [3.63, 3.8) is 0 Å². The summed E-state index contributed by atoms with van der Waals surface area (Å²) in [5, 5.41) is 0. The Morgan fingerprint density at radius 1 is 1.22 bits per heavy atom. The van der Waals surface area contributed by atoms with Gasteiger partial charge in [-0.25, -0.2) is 4.39 Å². The Kier molecular flexibility index (Phi) is 4.94. The van der Waals surface area contributed by atoms with Crippen molar-refractivity contribution in [1.82, 2.24) is 4.90 Å². The molecule has 1 aromatic carbocycles. The van der Waals surface area contributed by atoms with Gasteiger partial charge in [0.25, 0.3) is 0 Å². The third-order valence-electron chi connectivity index (χ3n) is 3.85. The summed E-state index contributed by atoms with van der Waals surface area (Å²) in [6.07, 6.45) is 6.86. The third-order valence-corrected chi connectivity index (χ3v) is 3.85. The topological polar surface area (TPSA) is 3.24 Å². The second-order valence-electron chi connectivity index (χ2n) is 5.20. The van der Waals surface area contributed by atoms with Crippen LogP contribution in [0.4, 0.5) is 4.39 Å². The van der Waals surface area contributed by atoms with Gasteiger partial charge in [0, 0.05) is 6.54 Å². The number of hydrogen-bond donors (Lipinski definition) is 0. The van der Waals surface area contributed by atoms with Crippen molar-refractivity contribution in [3.8, 4) is 0 Å². The van der Waals surface area contributed by atoms with Crippen molar-refractivity contribution in [2.45, 2.75) is 25.7 Å². The van der Waals surface area contributed by atoms with Crippen LogP contribution in [0.3, 0.4) is 0 Å². The number of hydrogen-bond acceptors (Lipinski definition) is 1. The Morgan fingerprint density at radius 2 is 1.89 bits per heavy atom. The number of aryl methyl sites for hydroxylation is 1. The summed E-state index contributed by atoms with van der Waals surface area (Å²) in [5.74, 6) is 0.688. The lowest BCUT2D eigenvalue weighted by molar-refractivity contribution is 0.195. The van der Waals surface area contributed by atoms with Crippen molar-refractivity contribution in [1.29, 1.82) is 0 Å². The minimum atomic E-state index is -0.142. The zero-order valence-electron chi connectivity index (χ0n) is 10.9. The van der Waals surface area contributed by atoms with Gasteiger partial charge < -0.3 is 0 Å². The second-order valence-corrected chi connectivity index (χ2v) is 5.20. The van der Waals surface area contributed by atoms with E-state index in [1.165, 1.54) is 37.9 Å². The fraction of sp³-hybridized carbons (Fsp3) is 0.500. The summed E-state index contributed by atoms with van der Waals surface area (Å²) < 4.78 is 12.8. The predicted octanol–water partition coefficient (Wildman–Crippen LogP) is 3.66. The maximum absolute atomic E-state index is 12.8. The Labute approximate surface area is 109 Å². The molecule has 1 aromatic rings. The first-order valence-electron chi connectivity index (χ1n) is 6.85. The lowest BCUT2D eigenvalue weighted by Crippen LogP contribution is -2.33. The highest BCUT2D eigenvalue weighted by molar-refractivity contribution is 5.16. The van der Waals surface area contributed by atoms with E-state index in [0.29, 0.717) is 0 Å². The molecular formula is C16H22FN. The quantitative estimate of drug-likeness (QED) is 0.718. The van der Waals surface area contributed by atoms with Crippen molar-refractivity contribution in [2.24, 2.45) is 5.92 Å². The van der Waals surface area contributed by atoms with Crippen molar-refractivity contribution >= 4 is 0 Å². The van der Waals surface area contributed by atoms with Crippen molar-refractivity contribution in [2.75, 3.05) is 19.6 Å². The lowest BCUT2D eigenvalue weighted by Gasteiger charge is -2.31. The summed E-state index contributed by atoms with van der Waals surface area (Å²) in [7, 11) is 0. The molecule has 0 aliphatic carbocycles. The molecule has 98 valence electrons. The summed E-state index contributed by atoms with van der Waals surface area (Å²) in [5.41, 5.74) is 1.25. The minimum absolute atomic E-state index is 0.142. The maximum atomic E-state index is 12.8. The standard InChI is InChI=1S/C16H22FN/c1-2-11-18-12-9-15(10-13-18)4-3-14-5-7-16(17)8-6-14/h2,5-8,15H,1,3-4,9-13H2. The molecule has 0 aromatic heterocycles. The first-order valence-corrected chi connectivity index (χ1v) is 6.85. The highest BCUT2D eigenvalue weighted by Crippen LogP contribution is 2.22. The predicted molar refractivity (Wildman–Crippen MR) is 74.1 cm³/mol. The first-order chi connectivity index (χ1) is 8.78. The van der Waals surface area contributed by atoms with Crippen LogP contribution in [0.25, 0.3) is 0 Å². The number of halogens is 1. The highest BCUT2D eigenvalue weighted by Gasteiger charge is 2.17. The Hall–Kier alpha value is -1.15. The van der Waals surface area contributed by atoms with Gasteiger partial charge in [-0.15, -0.1) is 6.58 Å². The summed E-state index contributed by atoms with van der Waals surface area (Å²) >= 11 is 0. The minimum Gasteiger partial charge on any atom is -0.300 e. The fourth-order valence-corrected chi connectivity index (χ4v) is 2.66. The summed E-state index contributed by atoms with van der Waals surface area (Å²) in [6, 6.07) is 6.92. The average Bonchev–Trinajstić information content (AvgIpc) is 2.40. The molecule has 0 atom stereocenters. The molecule has 0 bridgehead atoms. The smallest absolute Gasteiger partial charge is 0.123 e. The van der Waals surface area contributed by atoms with Crippen LogP contribution in [0.5, 0.6) is 0 Å². The third kappa shape index (κ3) is 3.95. The number of likely N-dealkylation sites (tertiary alicyclic amines) is 1. The average molecular weight is 247 g/mol. The van der Waals surface area contributed by atoms with Gasteiger partial charge in [0.05, 0.1) is 0 Å². The van der Waals surface area contributed by atoms with Gasteiger partial charge >= 0.3 is 0 Å². The highest BCUT2D eigenvalue weighted by atomic mass is 19.1. The molecule has 2 heteroatoms. The van der Waals surface area contributed by atoms with E-state index in [1.807, 2.05) is 18.2 Å². The van der Waals surface area contributed by atoms with Gasteiger partial charge in [-0.2, -0.15) is 0 Å². The van der Waals surface area contributed by atoms with E-state index in [4.69, 9.17) is 0 Å². The molecule has 1 heterocycles. The largest absolute Gasteiger partial charge is 0.300 e. The molecule has 0 N–H and O–H groups in total. The molecule has 0 unspecified atom stereocenters. The summed E-state index contributed by atoms with van der Waals surface area (Å²) in [4.78, 5) is 2.46. The van der Waals surface area contributed by atoms with Gasteiger partial charge in [-0.3, -0.25) is 4.90 Å². The first kappa shape index (κ1) is 13.3. The van der Waals surface area contributed by atoms with E-state index in [1.54, 1.807) is 12.1 Å². The molecule has 2 rings (SSSR count). The molecule has 0 amide bonds. The van der Waals surface area contributed by atoms with Crippen LogP contribution < -0.4 is 0 Å². The Balaban J connectivity index is 1.72. The molecule has 1 nitrogen and oxygen atoms in total. The Morgan fingerprint density at radius 3 is 2.50 bits per heavy atom. The monoisotopic (exact) mass is 247 g/mol. The van der Waals surface area contributed by atoms with Crippen molar-refractivity contribution < 1.29 is 4.39 Å². The van der Waals surface area contributed by atoms with Gasteiger partial charge in [-0.05, 0) is 62.4 Å². The van der Waals surface area contributed by atoms with Crippen LogP contribution in [0.15, 0.2) is 36.9 Å². The van der Waals surface area contributed by atoms with Gasteiger partial charge in [-0.1, -0.05) is 18.2 Å². The van der Waals surface area contributed by atoms with Crippen LogP contribution in [-0.4, -0.2) is 24.5 Å². The van der Waals surface area contributed by atoms with E-state index < -0.39 is 0 Å². The molecule has 0 saturated carbocycles. The Bertz CT molecular complexity index is 363. The number of nitrogens with zero attached hydrogens (tertiary/aromatic N) is 1. The van der Waals surface area contributed by atoms with E-state index in [9.17, 15) is 4.39 Å². The molecule has 1 saturated heterocycles. The molecule has 1 fully saturated rings. The molecular weight excluding hydrogens is 225 g/mol. The molecule has 18 heavy (non-hydrogen) atoms. The zero-order chi connectivity index (χ0) is 12.8. The fourth-order valence-electron chi connectivity index (χ4n) is 2.66. The van der Waals surface area contributed by atoms with E-state index in [0.717, 1.165) is 18.9 Å². The van der Waals surface area contributed by atoms with Gasteiger partial charge in [0.15, 0.2) is 0 Å². The number of rotatable bonds is 5. The molecule has 1 aliphatic heterocycles. The number of piperidine rings is 1. The van der Waals surface area contributed by atoms with E-state index in [2.05, 4.69) is 11.5 Å². The number of benzene rings is 1. The second kappa shape index (κ2) is 6.69. The SMILES string of the molecule is C=CCN1CCC(CCc2ccc(F)cc2)CC1. The van der Waals surface area contributed by atoms with Crippen LogP contribution in [0.2, 0.25) is 0 Å². The normalized spacial score (nSPS) is 17.8. The zero-order valence-corrected chi connectivity index (χ0v) is 10.9. The van der Waals surface area contributed by atoms with Crippen LogP contribution in [0.1, 0.15) is 24.8 Å². The maximum Gasteiger partial charge on any atom is 0.123 e. The molecule has 1 aliphatic rings. The van der Waals surface area contributed by atoms with Crippen LogP contribution in [0, 0.1) is 11.7 Å². The van der Waals surface area contributed by atoms with E-state index in [-0.39, 0.29) is 5.82 Å². The van der Waals surface area contributed by atoms with Gasteiger partial charge in [0.1, 0.15) is 5.82 Å². The lowest BCUT2D eigenvalue weighted by atomic mass is 9.90. The van der Waals surface area contributed by atoms with Gasteiger partial charge in [0.2, 0.25) is 0 Å². The van der Waals surface area contributed by atoms with Crippen molar-refractivity contribution in [3.05, 3.63) is 48.3 Å². The van der Waals surface area contributed by atoms with E-state index >= 15 is 0 Å². The van der Waals surface area contributed by atoms with Crippen LogP contribution >= 0.6 is 0 Å². The van der Waals surface area contributed by atoms with Crippen LogP contribution in [-0.2, 0) is 6.42 Å². The summed E-state index contributed by atoms with van der Waals surface area (Å²) in [6.45, 7) is 7.19. The molecule has 0 spiro atoms. The molecule has 0 radical (unpaired) electrons.